The first kappa shape index (κ1) is 17.7. The van der Waals surface area contributed by atoms with Crippen LogP contribution in [0.5, 0.6) is 5.75 Å². The van der Waals surface area contributed by atoms with Gasteiger partial charge in [0.15, 0.2) is 12.1 Å². The van der Waals surface area contributed by atoms with Gasteiger partial charge in [-0.2, -0.15) is 13.2 Å². The number of nitrogens with one attached hydrogen (secondary N) is 1. The van der Waals surface area contributed by atoms with Crippen molar-refractivity contribution in [1.29, 1.82) is 0 Å². The number of nitrogens with zero attached hydrogens (tertiary/aromatic N) is 2. The van der Waals surface area contributed by atoms with E-state index in [4.69, 9.17) is 4.74 Å². The molecule has 2 N–H and O–H groups in total. The monoisotopic (exact) mass is 339 g/mol. The lowest BCUT2D eigenvalue weighted by atomic mass is 10.2. The first-order valence-electron chi connectivity index (χ1n) is 7.02. The molecule has 0 aliphatic heterocycles. The van der Waals surface area contributed by atoms with Gasteiger partial charge in [0.1, 0.15) is 11.3 Å². The highest BCUT2D eigenvalue weighted by Gasteiger charge is 2.29. The number of halogens is 3. The van der Waals surface area contributed by atoms with Gasteiger partial charge in [-0.25, -0.2) is 9.55 Å². The number of aromatic nitrogens is 3. The fourth-order valence-electron chi connectivity index (χ4n) is 2.34. The molecule has 0 fully saturated rings. The van der Waals surface area contributed by atoms with E-state index < -0.39 is 12.8 Å². The van der Waals surface area contributed by atoms with E-state index in [0.717, 1.165) is 16.7 Å². The number of hydrogen-bond acceptors (Lipinski definition) is 3. The number of hydrogen-bond donors (Lipinski definition) is 1. The third-order valence-electron chi connectivity index (χ3n) is 3.65. The fourth-order valence-corrected chi connectivity index (χ4v) is 2.34. The summed E-state index contributed by atoms with van der Waals surface area (Å²) in [5.41, 5.74) is 3.11. The molecular formula is C16H16F3N3O2. The van der Waals surface area contributed by atoms with Gasteiger partial charge in [0.25, 0.3) is 0 Å². The summed E-state index contributed by atoms with van der Waals surface area (Å²) in [5.74, 6) is 0.821. The molecule has 0 aliphatic carbocycles. The van der Waals surface area contributed by atoms with Crippen LogP contribution in [0.25, 0.3) is 17.0 Å². The zero-order valence-corrected chi connectivity index (χ0v) is 13.1. The summed E-state index contributed by atoms with van der Waals surface area (Å²) < 4.78 is 43.5. The number of pyridine rings is 1. The van der Waals surface area contributed by atoms with E-state index in [1.807, 2.05) is 31.2 Å². The van der Waals surface area contributed by atoms with Crippen molar-refractivity contribution in [1.82, 2.24) is 9.97 Å². The van der Waals surface area contributed by atoms with E-state index >= 15 is 0 Å². The van der Waals surface area contributed by atoms with Crippen molar-refractivity contribution < 1.29 is 28.0 Å². The minimum absolute atomic E-state index is 0. The summed E-state index contributed by atoms with van der Waals surface area (Å²) in [6, 6.07) is 9.11. The second-order valence-electron chi connectivity index (χ2n) is 5.24. The van der Waals surface area contributed by atoms with Gasteiger partial charge in [-0.15, -0.1) is 0 Å². The van der Waals surface area contributed by atoms with Gasteiger partial charge in [0.2, 0.25) is 0 Å². The van der Waals surface area contributed by atoms with Crippen molar-refractivity contribution in [2.24, 2.45) is 0 Å². The number of imidazole rings is 1. The Hall–Kier alpha value is -2.61. The van der Waals surface area contributed by atoms with Crippen LogP contribution in [0.3, 0.4) is 0 Å². The minimum Gasteiger partial charge on any atom is -0.870 e. The predicted octanol–water partition coefficient (Wildman–Crippen LogP) is 3.22. The fraction of sp³-hybridized carbons (Fsp3) is 0.250. The molecule has 0 amide bonds. The zero-order chi connectivity index (χ0) is 16.6. The maximum absolute atomic E-state index is 12.3. The van der Waals surface area contributed by atoms with Crippen LogP contribution in [0.1, 0.15) is 11.3 Å². The molecule has 24 heavy (non-hydrogen) atoms. The van der Waals surface area contributed by atoms with E-state index in [2.05, 4.69) is 9.97 Å². The van der Waals surface area contributed by atoms with E-state index in [1.165, 1.54) is 6.07 Å². The number of ether oxygens (including phenoxy) is 1. The molecule has 0 aliphatic rings. The summed E-state index contributed by atoms with van der Waals surface area (Å²) in [5, 5.41) is 0. The lowest BCUT2D eigenvalue weighted by Gasteiger charge is -2.13. The lowest BCUT2D eigenvalue weighted by molar-refractivity contribution is -0.610. The normalized spacial score (nSPS) is 11.4. The van der Waals surface area contributed by atoms with E-state index in [-0.39, 0.29) is 11.2 Å². The Balaban J connectivity index is 0.00000208. The van der Waals surface area contributed by atoms with E-state index in [9.17, 15) is 13.2 Å². The van der Waals surface area contributed by atoms with Crippen molar-refractivity contribution in [2.45, 2.75) is 20.0 Å². The van der Waals surface area contributed by atoms with Crippen molar-refractivity contribution in [2.75, 3.05) is 6.61 Å². The van der Waals surface area contributed by atoms with Crippen LogP contribution >= 0.6 is 0 Å². The maximum Gasteiger partial charge on any atom is 0.422 e. The number of benzene rings is 1. The average molecular weight is 339 g/mol. The second-order valence-corrected chi connectivity index (χ2v) is 5.24. The highest BCUT2D eigenvalue weighted by molar-refractivity contribution is 5.75. The van der Waals surface area contributed by atoms with Gasteiger partial charge >= 0.3 is 12.1 Å². The Morgan fingerprint density at radius 2 is 1.88 bits per heavy atom. The van der Waals surface area contributed by atoms with Crippen LogP contribution in [0.2, 0.25) is 0 Å². The standard InChI is InChI=1S/C16H15F3N3O.H2O/c1-10-11(2)22(8-7-14(10)23-9-16(17,18)19)15-20-12-5-3-4-6-13(12)21-15;/h3-8H,9H2,1-2H3,(H,20,21);1H2/q+1;/p-1. The third-order valence-corrected chi connectivity index (χ3v) is 3.65. The molecule has 3 rings (SSSR count). The van der Waals surface area contributed by atoms with E-state index in [0.29, 0.717) is 11.5 Å². The van der Waals surface area contributed by atoms with Gasteiger partial charge in [0.05, 0.1) is 11.9 Å². The molecule has 3 aromatic rings. The first-order valence-corrected chi connectivity index (χ1v) is 7.02. The third kappa shape index (κ3) is 3.48. The lowest BCUT2D eigenvalue weighted by Crippen LogP contribution is -2.36. The van der Waals surface area contributed by atoms with Crippen molar-refractivity contribution in [3.05, 3.63) is 47.8 Å². The van der Waals surface area contributed by atoms with E-state index in [1.54, 1.807) is 17.7 Å². The van der Waals surface area contributed by atoms with Crippen molar-refractivity contribution in [3.63, 3.8) is 0 Å². The van der Waals surface area contributed by atoms with Gasteiger partial charge < -0.3 is 10.2 Å². The molecule has 0 saturated heterocycles. The second kappa shape index (κ2) is 6.48. The molecule has 5 nitrogen and oxygen atoms in total. The zero-order valence-electron chi connectivity index (χ0n) is 13.1. The minimum atomic E-state index is -4.36. The van der Waals surface area contributed by atoms with Gasteiger partial charge in [-0.1, -0.05) is 17.1 Å². The van der Waals surface area contributed by atoms with Crippen LogP contribution in [0, 0.1) is 13.8 Å². The Morgan fingerprint density at radius 3 is 2.54 bits per heavy atom. The number of aromatic amines is 1. The summed E-state index contributed by atoms with van der Waals surface area (Å²) >= 11 is 0. The number of para-hydroxylation sites is 2. The number of alkyl halides is 3. The van der Waals surface area contributed by atoms with Crippen molar-refractivity contribution >= 4 is 11.0 Å². The molecule has 1 aromatic carbocycles. The van der Waals surface area contributed by atoms with Crippen LogP contribution in [-0.4, -0.2) is 28.2 Å². The molecular weight excluding hydrogens is 323 g/mol. The molecule has 8 heteroatoms. The molecule has 0 spiro atoms. The largest absolute Gasteiger partial charge is 0.870 e. The van der Waals surface area contributed by atoms with Crippen LogP contribution in [0.4, 0.5) is 13.2 Å². The topological polar surface area (TPSA) is 71.8 Å². The highest BCUT2D eigenvalue weighted by atomic mass is 19.4. The molecule has 2 heterocycles. The molecule has 0 unspecified atom stereocenters. The number of H-pyrrole nitrogens is 1. The average Bonchev–Trinajstić information content (AvgIpc) is 2.91. The molecule has 0 saturated carbocycles. The first-order chi connectivity index (χ1) is 10.8. The van der Waals surface area contributed by atoms with Gasteiger partial charge in [-0.05, 0) is 26.0 Å². The SMILES string of the molecule is Cc1c(OCC(F)(F)F)cc[n+](-c2nc3ccccc3[nH]2)c1C.[OH-]. The number of fused-ring (bicyclic) bond motifs is 1. The summed E-state index contributed by atoms with van der Waals surface area (Å²) in [6.07, 6.45) is -2.71. The maximum atomic E-state index is 12.3. The number of rotatable bonds is 3. The Labute approximate surface area is 136 Å². The molecule has 0 radical (unpaired) electrons. The van der Waals surface area contributed by atoms with Crippen LogP contribution in [0.15, 0.2) is 36.5 Å². The smallest absolute Gasteiger partial charge is 0.422 e. The Bertz CT molecular complexity index is 826. The van der Waals surface area contributed by atoms with Gasteiger partial charge in [-0.3, -0.25) is 0 Å². The molecule has 0 atom stereocenters. The van der Waals surface area contributed by atoms with Crippen LogP contribution in [-0.2, 0) is 0 Å². The van der Waals surface area contributed by atoms with Gasteiger partial charge in [0, 0.05) is 11.6 Å². The van der Waals surface area contributed by atoms with Crippen molar-refractivity contribution in [3.8, 4) is 11.7 Å². The quantitative estimate of drug-likeness (QED) is 0.745. The predicted molar refractivity (Wildman–Crippen MR) is 80.6 cm³/mol. The van der Waals surface area contributed by atoms with Crippen LogP contribution < -0.4 is 9.30 Å². The summed E-state index contributed by atoms with van der Waals surface area (Å²) in [4.78, 5) is 7.67. The molecule has 2 aromatic heterocycles. The Kier molecular flexibility index (Phi) is 4.79. The molecule has 128 valence electrons. The highest BCUT2D eigenvalue weighted by Crippen LogP contribution is 2.23. The summed E-state index contributed by atoms with van der Waals surface area (Å²) in [6.45, 7) is 2.23. The Morgan fingerprint density at radius 1 is 1.17 bits per heavy atom. The summed E-state index contributed by atoms with van der Waals surface area (Å²) in [7, 11) is 0. The molecule has 0 bridgehead atoms.